The summed E-state index contributed by atoms with van der Waals surface area (Å²) in [6.45, 7) is 4.11. The molecule has 0 saturated carbocycles. The first kappa shape index (κ1) is 12.7. The van der Waals surface area contributed by atoms with Crippen LogP contribution in [0.4, 0.5) is 5.82 Å². The highest BCUT2D eigenvalue weighted by atomic mass is 16.5. The van der Waals surface area contributed by atoms with Crippen molar-refractivity contribution >= 4 is 11.7 Å². The van der Waals surface area contributed by atoms with Gasteiger partial charge in [0.25, 0.3) is 0 Å². The van der Waals surface area contributed by atoms with Crippen LogP contribution < -0.4 is 11.1 Å². The van der Waals surface area contributed by atoms with E-state index in [9.17, 15) is 4.79 Å². The number of carbonyl (C=O) groups is 1. The van der Waals surface area contributed by atoms with Crippen molar-refractivity contribution in [3.63, 3.8) is 0 Å². The number of nitrogens with two attached hydrogens (primary N) is 1. The van der Waals surface area contributed by atoms with E-state index < -0.39 is 0 Å². The summed E-state index contributed by atoms with van der Waals surface area (Å²) in [7, 11) is 1.54. The van der Waals surface area contributed by atoms with E-state index in [1.54, 1.807) is 0 Å². The fourth-order valence-corrected chi connectivity index (χ4v) is 1.26. The van der Waals surface area contributed by atoms with Gasteiger partial charge in [-0.25, -0.2) is 0 Å². The molecule has 0 saturated heterocycles. The number of hydrogen-bond acceptors (Lipinski definition) is 4. The Morgan fingerprint density at radius 3 is 2.75 bits per heavy atom. The predicted octanol–water partition coefficient (Wildman–Crippen LogP) is 0.329. The quantitative estimate of drug-likeness (QED) is 0.674. The van der Waals surface area contributed by atoms with Gasteiger partial charge in [-0.15, -0.1) is 0 Å². The van der Waals surface area contributed by atoms with Crippen molar-refractivity contribution in [1.29, 1.82) is 0 Å². The van der Waals surface area contributed by atoms with Crippen molar-refractivity contribution in [2.45, 2.75) is 26.4 Å². The third kappa shape index (κ3) is 3.04. The summed E-state index contributed by atoms with van der Waals surface area (Å²) in [6.07, 6.45) is -0.0152. The van der Waals surface area contributed by atoms with Gasteiger partial charge in [-0.1, -0.05) is 0 Å². The van der Waals surface area contributed by atoms with Crippen LogP contribution in [0.15, 0.2) is 0 Å². The molecule has 1 aromatic rings. The summed E-state index contributed by atoms with van der Waals surface area (Å²) in [4.78, 5) is 11.6. The number of aryl methyl sites for hydroxylation is 1. The van der Waals surface area contributed by atoms with E-state index >= 15 is 0 Å². The average Bonchev–Trinajstić information content (AvgIpc) is 2.58. The maximum absolute atomic E-state index is 11.6. The van der Waals surface area contributed by atoms with Gasteiger partial charge in [0.15, 0.2) is 5.82 Å². The maximum Gasteiger partial charge on any atom is 0.228 e. The Bertz CT molecular complexity index is 358. The zero-order valence-electron chi connectivity index (χ0n) is 9.83. The minimum absolute atomic E-state index is 0.146. The Balaban J connectivity index is 2.55. The molecular formula is C10H18N4O2. The number of nitrogens with zero attached hydrogens (tertiary/aromatic N) is 1. The van der Waals surface area contributed by atoms with Crippen molar-refractivity contribution in [2.24, 2.45) is 5.73 Å². The lowest BCUT2D eigenvalue weighted by atomic mass is 10.2. The molecule has 0 aliphatic carbocycles. The lowest BCUT2D eigenvalue weighted by molar-refractivity contribution is -0.118. The molecule has 1 atom stereocenters. The van der Waals surface area contributed by atoms with Gasteiger partial charge in [0.2, 0.25) is 5.91 Å². The van der Waals surface area contributed by atoms with Crippen molar-refractivity contribution in [1.82, 2.24) is 10.2 Å². The van der Waals surface area contributed by atoms with Crippen molar-refractivity contribution in [3.05, 3.63) is 11.3 Å². The van der Waals surface area contributed by atoms with Crippen LogP contribution in [0, 0.1) is 13.8 Å². The van der Waals surface area contributed by atoms with Gasteiger partial charge >= 0.3 is 0 Å². The van der Waals surface area contributed by atoms with Crippen LogP contribution in [0.5, 0.6) is 0 Å². The van der Waals surface area contributed by atoms with E-state index in [0.29, 0.717) is 12.4 Å². The van der Waals surface area contributed by atoms with Crippen LogP contribution in [0.25, 0.3) is 0 Å². The molecule has 0 spiro atoms. The number of H-pyrrole nitrogens is 1. The average molecular weight is 226 g/mol. The number of nitrogens with one attached hydrogen (secondary N) is 2. The first-order valence-corrected chi connectivity index (χ1v) is 5.12. The summed E-state index contributed by atoms with van der Waals surface area (Å²) in [5.41, 5.74) is 7.31. The zero-order chi connectivity index (χ0) is 12.1. The molecule has 0 radical (unpaired) electrons. The number of hydrogen-bond donors (Lipinski definition) is 3. The topological polar surface area (TPSA) is 93.0 Å². The highest BCUT2D eigenvalue weighted by Gasteiger charge is 2.14. The van der Waals surface area contributed by atoms with Crippen molar-refractivity contribution in [3.8, 4) is 0 Å². The fraction of sp³-hybridized carbons (Fsp3) is 0.600. The molecule has 1 heterocycles. The number of aromatic amines is 1. The lowest BCUT2D eigenvalue weighted by Gasteiger charge is -2.11. The standard InChI is InChI=1S/C10H18N4O2/c1-6-7(2)13-14-10(6)12-9(15)4-8(5-11)16-3/h8H,4-5,11H2,1-3H3,(H2,12,13,14,15). The van der Waals surface area contributed by atoms with Gasteiger partial charge in [-0.05, 0) is 13.8 Å². The normalized spacial score (nSPS) is 12.5. The molecule has 0 fully saturated rings. The van der Waals surface area contributed by atoms with E-state index in [4.69, 9.17) is 10.5 Å². The third-order valence-electron chi connectivity index (χ3n) is 2.52. The number of ether oxygens (including phenoxy) is 1. The van der Waals surface area contributed by atoms with E-state index in [-0.39, 0.29) is 18.4 Å². The molecule has 6 nitrogen and oxygen atoms in total. The third-order valence-corrected chi connectivity index (χ3v) is 2.52. The molecule has 0 aliphatic rings. The van der Waals surface area contributed by atoms with Crippen LogP contribution in [0.3, 0.4) is 0 Å². The number of anilines is 1. The Morgan fingerprint density at radius 2 is 2.31 bits per heavy atom. The molecular weight excluding hydrogens is 208 g/mol. The van der Waals surface area contributed by atoms with Crippen molar-refractivity contribution < 1.29 is 9.53 Å². The lowest BCUT2D eigenvalue weighted by Crippen LogP contribution is -2.28. The maximum atomic E-state index is 11.6. The molecule has 6 heteroatoms. The molecule has 0 aliphatic heterocycles. The van der Waals surface area contributed by atoms with Gasteiger partial charge < -0.3 is 15.8 Å². The predicted molar refractivity (Wildman–Crippen MR) is 61.2 cm³/mol. The second kappa shape index (κ2) is 5.62. The minimum Gasteiger partial charge on any atom is -0.380 e. The van der Waals surface area contributed by atoms with Crippen LogP contribution in [0.1, 0.15) is 17.7 Å². The number of carbonyl (C=O) groups excluding carboxylic acids is 1. The highest BCUT2D eigenvalue weighted by molar-refractivity contribution is 5.90. The Morgan fingerprint density at radius 1 is 1.62 bits per heavy atom. The Kier molecular flexibility index (Phi) is 4.45. The smallest absolute Gasteiger partial charge is 0.228 e. The van der Waals surface area contributed by atoms with Gasteiger partial charge in [-0.2, -0.15) is 5.10 Å². The summed E-state index contributed by atoms with van der Waals surface area (Å²) in [5.74, 6) is 0.418. The molecule has 1 rings (SSSR count). The molecule has 1 aromatic heterocycles. The number of amides is 1. The van der Waals surface area contributed by atoms with E-state index in [1.165, 1.54) is 7.11 Å². The molecule has 0 bridgehead atoms. The first-order chi connectivity index (χ1) is 7.58. The van der Waals surface area contributed by atoms with Crippen molar-refractivity contribution in [2.75, 3.05) is 19.0 Å². The molecule has 1 unspecified atom stereocenters. The summed E-state index contributed by atoms with van der Waals surface area (Å²) >= 11 is 0. The highest BCUT2D eigenvalue weighted by Crippen LogP contribution is 2.14. The summed E-state index contributed by atoms with van der Waals surface area (Å²) in [6, 6.07) is 0. The molecule has 4 N–H and O–H groups in total. The van der Waals surface area contributed by atoms with Crippen LogP contribution in [0.2, 0.25) is 0 Å². The molecule has 90 valence electrons. The largest absolute Gasteiger partial charge is 0.380 e. The Hall–Kier alpha value is -1.40. The SMILES string of the molecule is COC(CN)CC(=O)Nc1n[nH]c(C)c1C. The fourth-order valence-electron chi connectivity index (χ4n) is 1.26. The van der Waals surface area contributed by atoms with Crippen LogP contribution in [-0.4, -0.2) is 35.9 Å². The van der Waals surface area contributed by atoms with Gasteiger partial charge in [0, 0.05) is 24.9 Å². The first-order valence-electron chi connectivity index (χ1n) is 5.12. The minimum atomic E-state index is -0.250. The molecule has 0 aromatic carbocycles. The number of aromatic nitrogens is 2. The summed E-state index contributed by atoms with van der Waals surface area (Å²) < 4.78 is 5.03. The summed E-state index contributed by atoms with van der Waals surface area (Å²) in [5, 5.41) is 9.50. The van der Waals surface area contributed by atoms with Gasteiger partial charge in [0.1, 0.15) is 0 Å². The number of methoxy groups -OCH3 is 1. The molecule has 16 heavy (non-hydrogen) atoms. The number of rotatable bonds is 5. The van der Waals surface area contributed by atoms with Gasteiger partial charge in [-0.3, -0.25) is 9.89 Å². The van der Waals surface area contributed by atoms with Crippen LogP contribution in [-0.2, 0) is 9.53 Å². The monoisotopic (exact) mass is 226 g/mol. The van der Waals surface area contributed by atoms with Crippen LogP contribution >= 0.6 is 0 Å². The second-order valence-corrected chi connectivity index (χ2v) is 3.67. The van der Waals surface area contributed by atoms with E-state index in [1.807, 2.05) is 13.8 Å². The van der Waals surface area contributed by atoms with E-state index in [2.05, 4.69) is 15.5 Å². The second-order valence-electron chi connectivity index (χ2n) is 3.67. The zero-order valence-corrected chi connectivity index (χ0v) is 9.83. The molecule has 1 amide bonds. The van der Waals surface area contributed by atoms with Gasteiger partial charge in [0.05, 0.1) is 12.5 Å². The Labute approximate surface area is 94.5 Å². The van der Waals surface area contributed by atoms with E-state index in [0.717, 1.165) is 11.3 Å².